The van der Waals surface area contributed by atoms with Gasteiger partial charge >= 0.3 is 24.5 Å². The number of rotatable bonds is 5. The zero-order valence-electron chi connectivity index (χ0n) is 19.4. The van der Waals surface area contributed by atoms with Gasteiger partial charge in [0.1, 0.15) is 23.5 Å². The summed E-state index contributed by atoms with van der Waals surface area (Å²) in [7, 11) is 0. The van der Waals surface area contributed by atoms with E-state index in [2.05, 4.69) is 10.2 Å². The second kappa shape index (κ2) is 9.73. The van der Waals surface area contributed by atoms with Gasteiger partial charge in [0.25, 0.3) is 0 Å². The minimum absolute atomic E-state index is 0.232. The summed E-state index contributed by atoms with van der Waals surface area (Å²) in [6.45, 7) is 1.15. The molecule has 0 fully saturated rings. The molecule has 0 radical (unpaired) electrons. The summed E-state index contributed by atoms with van der Waals surface area (Å²) in [5.41, 5.74) is -5.10. The van der Waals surface area contributed by atoms with Crippen LogP contribution in [0.1, 0.15) is 59.5 Å². The first-order chi connectivity index (χ1) is 18.0. The molecule has 0 aliphatic carbocycles. The van der Waals surface area contributed by atoms with Crippen LogP contribution in [-0.4, -0.2) is 32.4 Å². The minimum atomic E-state index is -5.23. The lowest BCUT2D eigenvalue weighted by atomic mass is 9.93. The van der Waals surface area contributed by atoms with Gasteiger partial charge in [-0.05, 0) is 31.2 Å². The topological polar surface area (TPSA) is 86.5 Å². The molecule has 2 heterocycles. The lowest BCUT2D eigenvalue weighted by Crippen LogP contribution is -2.19. The van der Waals surface area contributed by atoms with Crippen LogP contribution in [0.15, 0.2) is 36.4 Å². The highest BCUT2D eigenvalue weighted by Crippen LogP contribution is 2.49. The first-order valence-electron chi connectivity index (χ1n) is 11.0. The Morgan fingerprint density at radius 2 is 1.67 bits per heavy atom. The Bertz CT molecular complexity index is 1400. The third-order valence-corrected chi connectivity index (χ3v) is 5.69. The Morgan fingerprint density at radius 1 is 0.974 bits per heavy atom. The number of carboxylic acid groups (broad SMARTS) is 1. The Balaban J connectivity index is 2.11. The summed E-state index contributed by atoms with van der Waals surface area (Å²) in [5.74, 6) is -4.86. The van der Waals surface area contributed by atoms with Crippen molar-refractivity contribution in [2.45, 2.75) is 44.1 Å². The number of carbonyl (C=O) groups is 1. The van der Waals surface area contributed by atoms with E-state index < -0.39 is 88.5 Å². The van der Waals surface area contributed by atoms with Crippen LogP contribution in [0.2, 0.25) is 0 Å². The van der Waals surface area contributed by atoms with Gasteiger partial charge < -0.3 is 14.6 Å². The predicted molar refractivity (Wildman–Crippen MR) is 112 cm³/mol. The molecule has 1 N–H and O–H groups in total. The van der Waals surface area contributed by atoms with Crippen LogP contribution in [0.4, 0.5) is 39.5 Å². The molecule has 0 saturated carbocycles. The molecule has 39 heavy (non-hydrogen) atoms. The fraction of sp³-hybridized carbons (Fsp3) is 0.348. The molecule has 0 amide bonds. The van der Waals surface area contributed by atoms with E-state index in [0.717, 1.165) is 18.2 Å². The number of ether oxygens (including phenoxy) is 2. The van der Waals surface area contributed by atoms with E-state index in [0.29, 0.717) is 18.2 Å². The standard InChI is InChI=1S/C23H16F9N3O4/c1-2-38-14-5-3-4-11(17(14)22(27,28)29)18-12-8-10(21(24,25)26)6-7-13(12)35-19(15(39-18)9-16(36)37)33-34-20(35)23(30,31)32/h3-8,15,18H,2,9H2,1H3,(H,36,37)/t15-,18-/m1/s1. The van der Waals surface area contributed by atoms with Gasteiger partial charge in [0.05, 0.1) is 24.3 Å². The van der Waals surface area contributed by atoms with Crippen LogP contribution in [-0.2, 0) is 28.1 Å². The largest absolute Gasteiger partial charge is 0.493 e. The molecule has 1 aliphatic heterocycles. The normalized spacial score (nSPS) is 17.8. The summed E-state index contributed by atoms with van der Waals surface area (Å²) in [4.78, 5) is 11.6. The maximum Gasteiger partial charge on any atom is 0.452 e. The van der Waals surface area contributed by atoms with Gasteiger partial charge in [0.2, 0.25) is 5.82 Å². The molecule has 1 aliphatic rings. The van der Waals surface area contributed by atoms with Gasteiger partial charge in [-0.15, -0.1) is 10.2 Å². The zero-order valence-corrected chi connectivity index (χ0v) is 19.4. The summed E-state index contributed by atoms with van der Waals surface area (Å²) in [6.07, 6.45) is -20.6. The first-order valence-corrected chi connectivity index (χ1v) is 11.0. The van der Waals surface area contributed by atoms with Crippen molar-refractivity contribution >= 4 is 5.97 Å². The van der Waals surface area contributed by atoms with Crippen molar-refractivity contribution in [2.75, 3.05) is 6.61 Å². The Morgan fingerprint density at radius 3 is 2.23 bits per heavy atom. The van der Waals surface area contributed by atoms with E-state index in [9.17, 15) is 49.4 Å². The number of alkyl halides is 9. The van der Waals surface area contributed by atoms with Gasteiger partial charge in [0, 0.05) is 11.1 Å². The SMILES string of the molecule is CCOc1cccc([C@H]2O[C@H](CC(=O)O)c3nnc(C(F)(F)F)n3-c3ccc(C(F)(F)F)cc32)c1C(F)(F)F. The van der Waals surface area contributed by atoms with Gasteiger partial charge in [-0.3, -0.25) is 9.36 Å². The number of hydrogen-bond donors (Lipinski definition) is 1. The average molecular weight is 569 g/mol. The summed E-state index contributed by atoms with van der Waals surface area (Å²) in [5, 5.41) is 15.8. The number of fused-ring (bicyclic) bond motifs is 3. The number of halogens is 9. The van der Waals surface area contributed by atoms with E-state index in [4.69, 9.17) is 9.47 Å². The summed E-state index contributed by atoms with van der Waals surface area (Å²) < 4.78 is 136. The second-order valence-electron chi connectivity index (χ2n) is 8.24. The smallest absolute Gasteiger partial charge is 0.452 e. The van der Waals surface area contributed by atoms with Gasteiger partial charge in [-0.1, -0.05) is 12.1 Å². The van der Waals surface area contributed by atoms with E-state index in [1.165, 1.54) is 6.92 Å². The molecule has 2 aromatic carbocycles. The number of aliphatic carboxylic acids is 1. The average Bonchev–Trinajstić information content (AvgIpc) is 3.21. The highest BCUT2D eigenvalue weighted by molar-refractivity contribution is 5.68. The predicted octanol–water partition coefficient (Wildman–Crippen LogP) is 6.36. The van der Waals surface area contributed by atoms with Crippen LogP contribution < -0.4 is 4.74 Å². The molecule has 1 aromatic heterocycles. The maximum absolute atomic E-state index is 14.3. The van der Waals surface area contributed by atoms with Crippen LogP contribution in [0.25, 0.3) is 5.69 Å². The van der Waals surface area contributed by atoms with Crippen LogP contribution in [0.3, 0.4) is 0 Å². The fourth-order valence-corrected chi connectivity index (χ4v) is 4.25. The molecule has 16 heteroatoms. The van der Waals surface area contributed by atoms with Crippen molar-refractivity contribution in [1.82, 2.24) is 14.8 Å². The second-order valence-corrected chi connectivity index (χ2v) is 8.24. The molecule has 3 aromatic rings. The Kier molecular flexibility index (Phi) is 7.04. The van der Waals surface area contributed by atoms with Crippen molar-refractivity contribution in [3.8, 4) is 11.4 Å². The lowest BCUT2D eigenvalue weighted by molar-refractivity contribution is -0.146. The van der Waals surface area contributed by atoms with Gasteiger partial charge in [-0.25, -0.2) is 0 Å². The molecule has 7 nitrogen and oxygen atoms in total. The Hall–Kier alpha value is -3.82. The Labute approximate surface area is 212 Å². The fourth-order valence-electron chi connectivity index (χ4n) is 4.25. The van der Waals surface area contributed by atoms with E-state index >= 15 is 0 Å². The van der Waals surface area contributed by atoms with E-state index in [1.54, 1.807) is 0 Å². The lowest BCUT2D eigenvalue weighted by Gasteiger charge is -2.26. The molecular weight excluding hydrogens is 553 g/mol. The van der Waals surface area contributed by atoms with Crippen LogP contribution in [0.5, 0.6) is 5.75 Å². The number of carboxylic acids is 1. The number of aromatic nitrogens is 3. The molecule has 0 spiro atoms. The molecule has 210 valence electrons. The molecule has 0 bridgehead atoms. The van der Waals surface area contributed by atoms with Gasteiger partial charge in [0.15, 0.2) is 5.82 Å². The van der Waals surface area contributed by atoms with Crippen molar-refractivity contribution in [2.24, 2.45) is 0 Å². The summed E-state index contributed by atoms with van der Waals surface area (Å²) in [6, 6.07) is 4.28. The number of benzene rings is 2. The number of hydrogen-bond acceptors (Lipinski definition) is 5. The monoisotopic (exact) mass is 569 g/mol. The van der Waals surface area contributed by atoms with Crippen molar-refractivity contribution in [3.63, 3.8) is 0 Å². The summed E-state index contributed by atoms with van der Waals surface area (Å²) >= 11 is 0. The highest BCUT2D eigenvalue weighted by Gasteiger charge is 2.46. The van der Waals surface area contributed by atoms with Crippen molar-refractivity contribution in [1.29, 1.82) is 0 Å². The van der Waals surface area contributed by atoms with Crippen LogP contribution >= 0.6 is 0 Å². The number of nitrogens with zero attached hydrogens (tertiary/aromatic N) is 3. The van der Waals surface area contributed by atoms with E-state index in [1.807, 2.05) is 0 Å². The van der Waals surface area contributed by atoms with Crippen molar-refractivity contribution < 1.29 is 58.9 Å². The maximum atomic E-state index is 14.3. The minimum Gasteiger partial charge on any atom is -0.493 e. The van der Waals surface area contributed by atoms with E-state index in [-0.39, 0.29) is 11.2 Å². The molecule has 2 atom stereocenters. The highest BCUT2D eigenvalue weighted by atomic mass is 19.4. The first kappa shape index (κ1) is 28.2. The van der Waals surface area contributed by atoms with Crippen LogP contribution in [0, 0.1) is 0 Å². The third-order valence-electron chi connectivity index (χ3n) is 5.69. The molecular formula is C23H16F9N3O4. The molecule has 4 rings (SSSR count). The zero-order chi connectivity index (χ0) is 28.9. The van der Waals surface area contributed by atoms with Crippen molar-refractivity contribution in [3.05, 3.63) is 70.3 Å². The quantitative estimate of drug-likeness (QED) is 0.360. The third kappa shape index (κ3) is 5.37. The van der Waals surface area contributed by atoms with Gasteiger partial charge in [-0.2, -0.15) is 39.5 Å². The molecule has 0 unspecified atom stereocenters. The molecule has 0 saturated heterocycles.